The number of anilines is 1. The maximum atomic E-state index is 13.2. The first-order chi connectivity index (χ1) is 10.1. The highest BCUT2D eigenvalue weighted by molar-refractivity contribution is 5.96. The van der Waals surface area contributed by atoms with E-state index in [-0.39, 0.29) is 18.3 Å². The van der Waals surface area contributed by atoms with Crippen LogP contribution in [-0.2, 0) is 11.2 Å². The van der Waals surface area contributed by atoms with Crippen molar-refractivity contribution >= 4 is 11.6 Å². The van der Waals surface area contributed by atoms with Crippen molar-refractivity contribution < 1.29 is 13.9 Å². The summed E-state index contributed by atoms with van der Waals surface area (Å²) in [6, 6.07) is 12.1. The van der Waals surface area contributed by atoms with Crippen LogP contribution in [0.2, 0.25) is 0 Å². The first kappa shape index (κ1) is 13.6. The average molecular weight is 285 g/mol. The normalized spacial score (nSPS) is 13.1. The third-order valence-corrected chi connectivity index (χ3v) is 3.59. The van der Waals surface area contributed by atoms with Gasteiger partial charge in [0, 0.05) is 12.2 Å². The van der Waals surface area contributed by atoms with Gasteiger partial charge in [-0.15, -0.1) is 0 Å². The Morgan fingerprint density at radius 1 is 1.29 bits per heavy atom. The molecular weight excluding hydrogens is 269 g/mol. The molecule has 0 atom stereocenters. The maximum Gasteiger partial charge on any atom is 0.264 e. The van der Waals surface area contributed by atoms with Crippen molar-refractivity contribution in [3.63, 3.8) is 0 Å². The zero-order chi connectivity index (χ0) is 14.8. The van der Waals surface area contributed by atoms with E-state index in [1.807, 2.05) is 31.2 Å². The summed E-state index contributed by atoms with van der Waals surface area (Å²) in [4.78, 5) is 13.9. The van der Waals surface area contributed by atoms with Gasteiger partial charge in [-0.25, -0.2) is 4.39 Å². The molecule has 0 bridgehead atoms. The van der Waals surface area contributed by atoms with Crippen molar-refractivity contribution in [3.05, 3.63) is 59.4 Å². The topological polar surface area (TPSA) is 29.5 Å². The predicted octanol–water partition coefficient (Wildman–Crippen LogP) is 3.10. The van der Waals surface area contributed by atoms with E-state index in [1.54, 1.807) is 11.0 Å². The molecule has 3 nitrogen and oxygen atoms in total. The van der Waals surface area contributed by atoms with Crippen LogP contribution < -0.4 is 9.64 Å². The quantitative estimate of drug-likeness (QED) is 0.867. The van der Waals surface area contributed by atoms with Gasteiger partial charge < -0.3 is 9.64 Å². The molecule has 1 aliphatic heterocycles. The molecule has 1 amide bonds. The first-order valence-corrected chi connectivity index (χ1v) is 6.92. The number of hydrogen-bond acceptors (Lipinski definition) is 2. The minimum atomic E-state index is -0.265. The third-order valence-electron chi connectivity index (χ3n) is 3.59. The molecule has 0 aromatic heterocycles. The second kappa shape index (κ2) is 5.56. The second-order valence-electron chi connectivity index (χ2n) is 5.17. The van der Waals surface area contributed by atoms with Crippen LogP contribution in [0.25, 0.3) is 0 Å². The summed E-state index contributed by atoms with van der Waals surface area (Å²) < 4.78 is 18.7. The van der Waals surface area contributed by atoms with Crippen LogP contribution in [0.4, 0.5) is 10.1 Å². The van der Waals surface area contributed by atoms with Crippen LogP contribution in [0.15, 0.2) is 42.5 Å². The van der Waals surface area contributed by atoms with Crippen molar-refractivity contribution in [2.24, 2.45) is 0 Å². The highest BCUT2D eigenvalue weighted by Gasteiger charge is 2.25. The molecule has 0 spiro atoms. The number of fused-ring (bicyclic) bond motifs is 1. The first-order valence-electron chi connectivity index (χ1n) is 6.92. The Hall–Kier alpha value is -2.36. The van der Waals surface area contributed by atoms with Gasteiger partial charge in [0.25, 0.3) is 5.91 Å². The fourth-order valence-corrected chi connectivity index (χ4v) is 2.56. The van der Waals surface area contributed by atoms with E-state index in [9.17, 15) is 9.18 Å². The van der Waals surface area contributed by atoms with Crippen molar-refractivity contribution in [2.75, 3.05) is 18.1 Å². The fraction of sp³-hybridized carbons (Fsp3) is 0.235. The number of benzene rings is 2. The van der Waals surface area contributed by atoms with Gasteiger partial charge in [-0.05, 0) is 54.8 Å². The van der Waals surface area contributed by atoms with Gasteiger partial charge in [-0.1, -0.05) is 12.1 Å². The lowest BCUT2D eigenvalue weighted by molar-refractivity contribution is -0.120. The van der Waals surface area contributed by atoms with Crippen molar-refractivity contribution in [1.82, 2.24) is 0 Å². The maximum absolute atomic E-state index is 13.2. The van der Waals surface area contributed by atoms with Crippen LogP contribution in [0.3, 0.4) is 0 Å². The zero-order valence-electron chi connectivity index (χ0n) is 11.8. The van der Waals surface area contributed by atoms with Crippen LogP contribution >= 0.6 is 0 Å². The minimum Gasteiger partial charge on any atom is -0.484 e. The van der Waals surface area contributed by atoms with Crippen LogP contribution in [0.5, 0.6) is 5.75 Å². The molecule has 0 unspecified atom stereocenters. The molecule has 0 aliphatic carbocycles. The fourth-order valence-electron chi connectivity index (χ4n) is 2.56. The van der Waals surface area contributed by atoms with E-state index in [0.717, 1.165) is 16.8 Å². The predicted molar refractivity (Wildman–Crippen MR) is 79.1 cm³/mol. The van der Waals surface area contributed by atoms with Gasteiger partial charge in [0.2, 0.25) is 0 Å². The van der Waals surface area contributed by atoms with E-state index >= 15 is 0 Å². The number of carbonyl (C=O) groups excluding carboxylic acids is 1. The second-order valence-corrected chi connectivity index (χ2v) is 5.17. The number of carbonyl (C=O) groups is 1. The Morgan fingerprint density at radius 2 is 2.14 bits per heavy atom. The van der Waals surface area contributed by atoms with Gasteiger partial charge in [-0.3, -0.25) is 4.79 Å². The van der Waals surface area contributed by atoms with Crippen molar-refractivity contribution in [3.8, 4) is 5.75 Å². The number of rotatable bonds is 3. The number of aryl methyl sites for hydroxylation is 1. The number of hydrogen-bond donors (Lipinski definition) is 0. The summed E-state index contributed by atoms with van der Waals surface area (Å²) in [6.45, 7) is 2.54. The van der Waals surface area contributed by atoms with Gasteiger partial charge in [-0.2, -0.15) is 0 Å². The van der Waals surface area contributed by atoms with Crippen molar-refractivity contribution in [1.29, 1.82) is 0 Å². The molecule has 2 aromatic rings. The lowest BCUT2D eigenvalue weighted by atomic mass is 10.2. The van der Waals surface area contributed by atoms with Gasteiger partial charge >= 0.3 is 0 Å². The molecule has 1 heterocycles. The third kappa shape index (κ3) is 2.89. The van der Waals surface area contributed by atoms with E-state index in [2.05, 4.69) is 0 Å². The molecule has 4 heteroatoms. The Kier molecular flexibility index (Phi) is 3.60. The number of halogens is 1. The lowest BCUT2D eigenvalue weighted by Crippen LogP contribution is -2.33. The Morgan fingerprint density at radius 3 is 2.95 bits per heavy atom. The standard InChI is InChI=1S/C17H16FNO2/c1-12-3-2-4-15(9-12)21-11-17(20)19-8-7-13-10-14(18)5-6-16(13)19/h2-6,9-10H,7-8,11H2,1H3. The molecule has 2 aromatic carbocycles. The molecule has 108 valence electrons. The Balaban J connectivity index is 1.68. The van der Waals surface area contributed by atoms with Crippen molar-refractivity contribution in [2.45, 2.75) is 13.3 Å². The highest BCUT2D eigenvalue weighted by atomic mass is 19.1. The van der Waals surface area contributed by atoms with Crippen LogP contribution in [0, 0.1) is 12.7 Å². The molecule has 0 saturated heterocycles. The van der Waals surface area contributed by atoms with E-state index < -0.39 is 0 Å². The largest absolute Gasteiger partial charge is 0.484 e. The Labute approximate surface area is 123 Å². The molecule has 0 fully saturated rings. The molecule has 0 saturated carbocycles. The van der Waals surface area contributed by atoms with E-state index in [1.165, 1.54) is 12.1 Å². The van der Waals surface area contributed by atoms with Gasteiger partial charge in [0.05, 0.1) is 0 Å². The molecular formula is C17H16FNO2. The molecule has 21 heavy (non-hydrogen) atoms. The molecule has 0 radical (unpaired) electrons. The summed E-state index contributed by atoms with van der Waals surface area (Å²) >= 11 is 0. The van der Waals surface area contributed by atoms with Gasteiger partial charge in [0.15, 0.2) is 6.61 Å². The highest BCUT2D eigenvalue weighted by Crippen LogP contribution is 2.28. The molecule has 0 N–H and O–H groups in total. The van der Waals surface area contributed by atoms with Crippen LogP contribution in [0.1, 0.15) is 11.1 Å². The summed E-state index contributed by atoms with van der Waals surface area (Å²) in [5.41, 5.74) is 2.75. The van der Waals surface area contributed by atoms with E-state index in [0.29, 0.717) is 18.7 Å². The summed E-state index contributed by atoms with van der Waals surface area (Å²) in [7, 11) is 0. The average Bonchev–Trinajstić information content (AvgIpc) is 2.88. The molecule has 1 aliphatic rings. The van der Waals surface area contributed by atoms with Gasteiger partial charge in [0.1, 0.15) is 11.6 Å². The SMILES string of the molecule is Cc1cccc(OCC(=O)N2CCc3cc(F)ccc32)c1. The Bertz CT molecular complexity index is 684. The smallest absolute Gasteiger partial charge is 0.264 e. The lowest BCUT2D eigenvalue weighted by Gasteiger charge is -2.17. The number of ether oxygens (including phenoxy) is 1. The van der Waals surface area contributed by atoms with E-state index in [4.69, 9.17) is 4.74 Å². The monoisotopic (exact) mass is 285 g/mol. The summed E-state index contributed by atoms with van der Waals surface area (Å²) in [5.74, 6) is 0.308. The number of nitrogens with zero attached hydrogens (tertiary/aromatic N) is 1. The molecule has 3 rings (SSSR count). The van der Waals surface area contributed by atoms with Crippen LogP contribution in [-0.4, -0.2) is 19.1 Å². The number of amides is 1. The minimum absolute atomic E-state index is 0.0136. The summed E-state index contributed by atoms with van der Waals surface area (Å²) in [5, 5.41) is 0. The summed E-state index contributed by atoms with van der Waals surface area (Å²) in [6.07, 6.45) is 0.684. The zero-order valence-corrected chi connectivity index (χ0v) is 11.8.